The van der Waals surface area contributed by atoms with Crippen molar-refractivity contribution in [2.75, 3.05) is 0 Å². The van der Waals surface area contributed by atoms with Gasteiger partial charge in [-0.3, -0.25) is 0 Å². The predicted octanol–water partition coefficient (Wildman–Crippen LogP) is 10.0. The van der Waals surface area contributed by atoms with E-state index in [2.05, 4.69) is 138 Å². The van der Waals surface area contributed by atoms with E-state index in [1.807, 2.05) is 48.8 Å². The number of hydrogen-bond acceptors (Lipinski definition) is 4. The maximum absolute atomic E-state index is 6.51. The first-order chi connectivity index (χ1) is 25.6. The smallest absolute Gasteiger partial charge is 0.239 e. The summed E-state index contributed by atoms with van der Waals surface area (Å²) in [5, 5.41) is 0. The summed E-state index contributed by atoms with van der Waals surface area (Å²) >= 11 is 0. The van der Waals surface area contributed by atoms with Gasteiger partial charge >= 0.3 is 0 Å². The summed E-state index contributed by atoms with van der Waals surface area (Å²) in [6.45, 7) is 13.1. The molecule has 0 bridgehead atoms. The summed E-state index contributed by atoms with van der Waals surface area (Å²) in [4.78, 5) is 9.24. The first-order valence-electron chi connectivity index (χ1n) is 18.2. The van der Waals surface area contributed by atoms with Crippen LogP contribution in [0.2, 0.25) is 0 Å². The van der Waals surface area contributed by atoms with Gasteiger partial charge in [0.2, 0.25) is 6.71 Å². The molecule has 4 nitrogen and oxygen atoms in total. The van der Waals surface area contributed by atoms with E-state index in [0.29, 0.717) is 0 Å². The van der Waals surface area contributed by atoms with E-state index >= 15 is 0 Å². The van der Waals surface area contributed by atoms with Crippen molar-refractivity contribution in [3.05, 3.63) is 162 Å². The third kappa shape index (κ3) is 7.42. The predicted molar refractivity (Wildman–Crippen MR) is 218 cm³/mol. The zero-order valence-electron chi connectivity index (χ0n) is 31.5. The molecule has 0 N–H and O–H groups in total. The Kier molecular flexibility index (Phi) is 10.4. The number of benzene rings is 5. The van der Waals surface area contributed by atoms with Gasteiger partial charge in [-0.1, -0.05) is 134 Å². The number of nitrogens with zero attached hydrogens (tertiary/aromatic N) is 2. The number of pyridine rings is 2. The van der Waals surface area contributed by atoms with Crippen molar-refractivity contribution in [2.24, 2.45) is 5.41 Å². The second-order valence-electron chi connectivity index (χ2n) is 15.2. The Balaban J connectivity index is 0.000000178. The molecule has 0 spiro atoms. The largest absolute Gasteiger partial charge is 0.503 e. The van der Waals surface area contributed by atoms with Gasteiger partial charge in [0, 0.05) is 44.0 Å². The molecular formula is C48H41BIrN2O2-2. The zero-order chi connectivity index (χ0) is 36.7. The minimum absolute atomic E-state index is 0. The van der Waals surface area contributed by atoms with Gasteiger partial charge in [-0.2, -0.15) is 0 Å². The molecule has 0 unspecified atom stereocenters. The van der Waals surface area contributed by atoms with E-state index in [9.17, 15) is 0 Å². The van der Waals surface area contributed by atoms with Crippen LogP contribution in [0.1, 0.15) is 43.0 Å². The molecule has 4 heterocycles. The second-order valence-corrected chi connectivity index (χ2v) is 15.2. The molecule has 7 aromatic rings. The Bertz CT molecular complexity index is 2460. The minimum atomic E-state index is 0. The van der Waals surface area contributed by atoms with Crippen LogP contribution in [0.5, 0.6) is 23.0 Å². The van der Waals surface area contributed by atoms with Gasteiger partial charge in [0.1, 0.15) is 11.5 Å². The topological polar surface area (TPSA) is 44.2 Å². The first kappa shape index (κ1) is 37.0. The van der Waals surface area contributed by atoms with E-state index in [-0.39, 0.29) is 32.2 Å². The van der Waals surface area contributed by atoms with E-state index in [1.54, 1.807) is 0 Å². The first-order valence-corrected chi connectivity index (χ1v) is 18.2. The average molecular weight is 881 g/mol. The van der Waals surface area contributed by atoms with Crippen molar-refractivity contribution >= 4 is 23.1 Å². The van der Waals surface area contributed by atoms with Crippen molar-refractivity contribution in [3.63, 3.8) is 0 Å². The Hall–Kier alpha value is -5.29. The molecule has 0 saturated heterocycles. The van der Waals surface area contributed by atoms with Crippen molar-refractivity contribution in [2.45, 2.75) is 48.0 Å². The Morgan fingerprint density at radius 1 is 0.648 bits per heavy atom. The van der Waals surface area contributed by atoms with E-state index in [0.717, 1.165) is 68.3 Å². The van der Waals surface area contributed by atoms with Crippen LogP contribution in [0.25, 0.3) is 33.6 Å². The SMILES string of the molecule is CC(C)(C)Cc1ccnc(-c2[c-]cc3c4c2Oc2ccccc2B4c2ccccc2O3)c1.Cc1cnc(-c2[c-]cc(C)c(-c3ccccc3)c2)cc1C.[Ir]. The molecule has 5 aromatic carbocycles. The third-order valence-electron chi connectivity index (χ3n) is 9.97. The van der Waals surface area contributed by atoms with Gasteiger partial charge in [0.05, 0.1) is 0 Å². The molecule has 9 rings (SSSR count). The molecule has 2 aliphatic rings. The van der Waals surface area contributed by atoms with Gasteiger partial charge in [-0.05, 0) is 77.3 Å². The van der Waals surface area contributed by atoms with Crippen LogP contribution in [0, 0.1) is 38.3 Å². The Morgan fingerprint density at radius 2 is 1.33 bits per heavy atom. The second kappa shape index (κ2) is 15.2. The fourth-order valence-electron chi connectivity index (χ4n) is 7.26. The van der Waals surface area contributed by atoms with Crippen molar-refractivity contribution < 1.29 is 29.6 Å². The fourth-order valence-corrected chi connectivity index (χ4v) is 7.26. The molecular weight excluding hydrogens is 840 g/mol. The zero-order valence-corrected chi connectivity index (χ0v) is 33.8. The molecule has 0 saturated carbocycles. The number of aryl methyl sites for hydroxylation is 3. The molecule has 54 heavy (non-hydrogen) atoms. The van der Waals surface area contributed by atoms with E-state index in [1.165, 1.54) is 33.4 Å². The quantitative estimate of drug-likeness (QED) is 0.131. The number of rotatable bonds is 4. The van der Waals surface area contributed by atoms with Gasteiger partial charge in [-0.15, -0.1) is 41.5 Å². The number of fused-ring (bicyclic) bond motifs is 4. The van der Waals surface area contributed by atoms with Crippen LogP contribution in [0.15, 0.2) is 128 Å². The van der Waals surface area contributed by atoms with Crippen LogP contribution >= 0.6 is 0 Å². The molecule has 269 valence electrons. The molecule has 2 aliphatic heterocycles. The molecule has 1 radical (unpaired) electrons. The summed E-state index contributed by atoms with van der Waals surface area (Å²) in [7, 11) is 0. The maximum Gasteiger partial charge on any atom is 0.239 e. The van der Waals surface area contributed by atoms with Gasteiger partial charge in [0.25, 0.3) is 0 Å². The number of hydrogen-bond donors (Lipinski definition) is 0. The van der Waals surface area contributed by atoms with Crippen molar-refractivity contribution in [3.8, 4) is 56.6 Å². The molecule has 6 heteroatoms. The maximum atomic E-state index is 6.51. The number of ether oxygens (including phenoxy) is 2. The third-order valence-corrected chi connectivity index (χ3v) is 9.97. The molecule has 0 fully saturated rings. The summed E-state index contributed by atoms with van der Waals surface area (Å²) in [5.41, 5.74) is 14.8. The number of para-hydroxylation sites is 2. The van der Waals surface area contributed by atoms with E-state index in [4.69, 9.17) is 14.5 Å². The van der Waals surface area contributed by atoms with Gasteiger partial charge in [-0.25, -0.2) is 0 Å². The van der Waals surface area contributed by atoms with Gasteiger partial charge in [0.15, 0.2) is 0 Å². The van der Waals surface area contributed by atoms with Gasteiger partial charge < -0.3 is 19.4 Å². The van der Waals surface area contributed by atoms with Crippen LogP contribution < -0.4 is 25.9 Å². The molecule has 0 atom stereocenters. The minimum Gasteiger partial charge on any atom is -0.503 e. The van der Waals surface area contributed by atoms with Crippen LogP contribution in [0.3, 0.4) is 0 Å². The average Bonchev–Trinajstić information content (AvgIpc) is 3.16. The fraction of sp³-hybridized carbons (Fsp3) is 0.167. The number of aromatic nitrogens is 2. The Labute approximate surface area is 333 Å². The summed E-state index contributed by atoms with van der Waals surface area (Å²) in [6.07, 6.45) is 4.79. The standard InChI is InChI=1S/C28H23BNO2.C20H18N.Ir/c1-28(2,3)17-18-14-15-30-22(16-18)19-12-13-25-26-27(19)32-24-11-7-5-9-21(24)29(26)20-8-4-6-10-23(20)31-25;1-14-9-10-18(20-11-15(2)16(3)13-21-20)12-19(14)17-7-5-4-6-8-17;/h4-11,13-16H,17H2,1-3H3;4-9,11-13H,1-3H3;/q2*-1;. The van der Waals surface area contributed by atoms with Crippen LogP contribution in [-0.2, 0) is 26.5 Å². The molecule has 2 aromatic heterocycles. The van der Waals surface area contributed by atoms with E-state index < -0.39 is 0 Å². The van der Waals surface area contributed by atoms with Crippen molar-refractivity contribution in [1.29, 1.82) is 0 Å². The summed E-state index contributed by atoms with van der Waals surface area (Å²) in [6, 6.07) is 46.3. The summed E-state index contributed by atoms with van der Waals surface area (Å²) in [5.74, 6) is 3.35. The van der Waals surface area contributed by atoms with Crippen LogP contribution in [-0.4, -0.2) is 16.7 Å². The summed E-state index contributed by atoms with van der Waals surface area (Å²) < 4.78 is 12.8. The normalized spacial score (nSPS) is 12.1. The monoisotopic (exact) mass is 881 g/mol. The molecule has 0 aliphatic carbocycles. The van der Waals surface area contributed by atoms with Crippen LogP contribution in [0.4, 0.5) is 0 Å². The Morgan fingerprint density at radius 3 is 2.04 bits per heavy atom. The molecule has 0 amide bonds. The van der Waals surface area contributed by atoms with Crippen molar-refractivity contribution in [1.82, 2.24) is 9.97 Å².